The van der Waals surface area contributed by atoms with Crippen molar-refractivity contribution < 1.29 is 4.79 Å². The van der Waals surface area contributed by atoms with Gasteiger partial charge in [-0.3, -0.25) is 4.79 Å². The lowest BCUT2D eigenvalue weighted by Gasteiger charge is -2.43. The molecule has 0 saturated carbocycles. The number of unbranched alkanes of at least 4 members (excludes halogenated alkanes) is 8. The largest absolute Gasteiger partial charge is 0.333 e. The summed E-state index contributed by atoms with van der Waals surface area (Å²) in [6.07, 6.45) is 20.3. The third-order valence-electron chi connectivity index (χ3n) is 5.34. The Labute approximate surface area is 144 Å². The molecular weight excluding hydrogens is 282 g/mol. The van der Waals surface area contributed by atoms with Crippen LogP contribution in [0, 0.1) is 0 Å². The second-order valence-corrected chi connectivity index (χ2v) is 7.51. The lowest BCUT2D eigenvalue weighted by atomic mass is 9.85. The molecule has 2 heteroatoms. The summed E-state index contributed by atoms with van der Waals surface area (Å²) in [4.78, 5) is 14.5. The molecule has 1 heterocycles. The van der Waals surface area contributed by atoms with Gasteiger partial charge < -0.3 is 4.90 Å². The monoisotopic (exact) mass is 321 g/mol. The highest BCUT2D eigenvalue weighted by molar-refractivity contribution is 5.89. The number of carbonyl (C=O) groups excluding carboxylic acids is 1. The van der Waals surface area contributed by atoms with E-state index in [1.54, 1.807) is 6.08 Å². The molecular formula is C21H39NO. The van der Waals surface area contributed by atoms with Crippen LogP contribution >= 0.6 is 0 Å². The number of amides is 1. The van der Waals surface area contributed by atoms with Gasteiger partial charge in [-0.15, -0.1) is 0 Å². The van der Waals surface area contributed by atoms with E-state index in [-0.39, 0.29) is 11.4 Å². The van der Waals surface area contributed by atoms with Crippen LogP contribution in [0.2, 0.25) is 0 Å². The molecule has 0 fully saturated rings. The summed E-state index contributed by atoms with van der Waals surface area (Å²) in [5.41, 5.74) is 0.0697. The molecule has 0 N–H and O–H groups in total. The average molecular weight is 322 g/mol. The molecule has 1 aliphatic heterocycles. The summed E-state index contributed by atoms with van der Waals surface area (Å²) in [7, 11) is 0. The van der Waals surface area contributed by atoms with E-state index in [0.29, 0.717) is 0 Å². The van der Waals surface area contributed by atoms with Gasteiger partial charge in [0.15, 0.2) is 0 Å². The van der Waals surface area contributed by atoms with Gasteiger partial charge in [0.2, 0.25) is 5.91 Å². The van der Waals surface area contributed by atoms with Crippen molar-refractivity contribution in [2.24, 2.45) is 0 Å². The third kappa shape index (κ3) is 7.54. The zero-order valence-corrected chi connectivity index (χ0v) is 15.9. The van der Waals surface area contributed by atoms with Crippen LogP contribution in [0.15, 0.2) is 12.2 Å². The molecule has 0 spiro atoms. The first-order valence-electron chi connectivity index (χ1n) is 10.1. The summed E-state index contributed by atoms with van der Waals surface area (Å²) in [5, 5.41) is 0. The third-order valence-corrected chi connectivity index (χ3v) is 5.34. The van der Waals surface area contributed by atoms with Crippen LogP contribution < -0.4 is 0 Å². The molecule has 0 radical (unpaired) electrons. The fraction of sp³-hybridized carbons (Fsp3) is 0.857. The summed E-state index contributed by atoms with van der Waals surface area (Å²) < 4.78 is 0. The van der Waals surface area contributed by atoms with Gasteiger partial charge in [-0.2, -0.15) is 0 Å². The van der Waals surface area contributed by atoms with E-state index in [4.69, 9.17) is 0 Å². The van der Waals surface area contributed by atoms with Crippen LogP contribution in [-0.2, 0) is 4.79 Å². The fourth-order valence-electron chi connectivity index (χ4n) is 3.74. The van der Waals surface area contributed by atoms with E-state index >= 15 is 0 Å². The van der Waals surface area contributed by atoms with Gasteiger partial charge in [-0.25, -0.2) is 0 Å². The Kier molecular flexibility index (Phi) is 10.3. The zero-order chi connectivity index (χ0) is 17.0. The van der Waals surface area contributed by atoms with Crippen LogP contribution in [0.25, 0.3) is 0 Å². The van der Waals surface area contributed by atoms with E-state index in [9.17, 15) is 4.79 Å². The van der Waals surface area contributed by atoms with Crippen molar-refractivity contribution in [3.8, 4) is 0 Å². The molecule has 0 aromatic heterocycles. The number of nitrogens with zero attached hydrogens (tertiary/aromatic N) is 1. The standard InChI is InChI=1S/C21H39NO/c1-4-6-8-10-13-17-21(3,18-14-11-9-7-5-2)22-19-15-12-16-20(22)23/h12,16H,4-11,13-15,17-19H2,1-3H3. The van der Waals surface area contributed by atoms with Crippen LogP contribution in [0.3, 0.4) is 0 Å². The second-order valence-electron chi connectivity index (χ2n) is 7.51. The minimum absolute atomic E-state index is 0.0697. The maximum atomic E-state index is 12.4. The smallest absolute Gasteiger partial charge is 0.246 e. The van der Waals surface area contributed by atoms with Crippen LogP contribution in [-0.4, -0.2) is 22.9 Å². The lowest BCUT2D eigenvalue weighted by molar-refractivity contribution is -0.133. The number of hydrogen-bond acceptors (Lipinski definition) is 1. The molecule has 2 nitrogen and oxygen atoms in total. The van der Waals surface area contributed by atoms with E-state index in [2.05, 4.69) is 25.7 Å². The number of carbonyl (C=O) groups is 1. The van der Waals surface area contributed by atoms with Gasteiger partial charge in [0.05, 0.1) is 0 Å². The molecule has 0 bridgehead atoms. The highest BCUT2D eigenvalue weighted by Gasteiger charge is 2.33. The van der Waals surface area contributed by atoms with Gasteiger partial charge in [-0.1, -0.05) is 84.1 Å². The Morgan fingerprint density at radius 3 is 1.91 bits per heavy atom. The van der Waals surface area contributed by atoms with Crippen molar-refractivity contribution in [1.82, 2.24) is 4.90 Å². The minimum Gasteiger partial charge on any atom is -0.333 e. The first-order valence-corrected chi connectivity index (χ1v) is 10.1. The summed E-state index contributed by atoms with van der Waals surface area (Å²) in [5.74, 6) is 0.237. The molecule has 23 heavy (non-hydrogen) atoms. The normalized spacial score (nSPS) is 15.4. The Hall–Kier alpha value is -0.790. The van der Waals surface area contributed by atoms with E-state index in [1.807, 2.05) is 6.08 Å². The van der Waals surface area contributed by atoms with E-state index < -0.39 is 0 Å². The SMILES string of the molecule is CCCCCCCC(C)(CCCCCCC)N1CCC=CC1=O. The van der Waals surface area contributed by atoms with Gasteiger partial charge in [0.25, 0.3) is 0 Å². The van der Waals surface area contributed by atoms with E-state index in [1.165, 1.54) is 77.0 Å². The average Bonchev–Trinajstić information content (AvgIpc) is 2.55. The first kappa shape index (κ1) is 20.3. The zero-order valence-electron chi connectivity index (χ0n) is 15.9. The first-order chi connectivity index (χ1) is 11.1. The van der Waals surface area contributed by atoms with Crippen molar-refractivity contribution in [2.75, 3.05) is 6.54 Å². The van der Waals surface area contributed by atoms with Crippen LogP contribution in [0.5, 0.6) is 0 Å². The highest BCUT2D eigenvalue weighted by Crippen LogP contribution is 2.31. The molecule has 0 aromatic rings. The fourth-order valence-corrected chi connectivity index (χ4v) is 3.74. The molecule has 0 atom stereocenters. The van der Waals surface area contributed by atoms with Gasteiger partial charge in [0.1, 0.15) is 0 Å². The second kappa shape index (κ2) is 11.7. The minimum atomic E-state index is 0.0697. The Morgan fingerprint density at radius 1 is 0.913 bits per heavy atom. The Bertz CT molecular complexity index is 334. The Morgan fingerprint density at radius 2 is 1.43 bits per heavy atom. The van der Waals surface area contributed by atoms with E-state index in [0.717, 1.165) is 13.0 Å². The van der Waals surface area contributed by atoms with Crippen LogP contribution in [0.4, 0.5) is 0 Å². The van der Waals surface area contributed by atoms with Crippen molar-refractivity contribution in [3.05, 3.63) is 12.2 Å². The number of rotatable bonds is 13. The molecule has 134 valence electrons. The Balaban J connectivity index is 2.51. The predicted octanol–water partition coefficient (Wildman–Crippen LogP) is 6.25. The quantitative estimate of drug-likeness (QED) is 0.367. The number of hydrogen-bond donors (Lipinski definition) is 0. The van der Waals surface area contributed by atoms with Crippen molar-refractivity contribution in [2.45, 2.75) is 110 Å². The molecule has 1 amide bonds. The van der Waals surface area contributed by atoms with Gasteiger partial charge in [0, 0.05) is 12.1 Å². The molecule has 1 rings (SSSR count). The molecule has 0 unspecified atom stereocenters. The summed E-state index contributed by atoms with van der Waals surface area (Å²) in [6.45, 7) is 7.78. The lowest BCUT2D eigenvalue weighted by Crippen LogP contribution is -2.50. The van der Waals surface area contributed by atoms with Gasteiger partial charge in [-0.05, 0) is 32.3 Å². The topological polar surface area (TPSA) is 20.3 Å². The molecule has 0 saturated heterocycles. The molecule has 0 aliphatic carbocycles. The summed E-state index contributed by atoms with van der Waals surface area (Å²) >= 11 is 0. The summed E-state index contributed by atoms with van der Waals surface area (Å²) in [6, 6.07) is 0. The van der Waals surface area contributed by atoms with Gasteiger partial charge >= 0.3 is 0 Å². The predicted molar refractivity (Wildman–Crippen MR) is 101 cm³/mol. The van der Waals surface area contributed by atoms with Crippen molar-refractivity contribution in [1.29, 1.82) is 0 Å². The van der Waals surface area contributed by atoms with Crippen molar-refractivity contribution >= 4 is 5.91 Å². The maximum Gasteiger partial charge on any atom is 0.246 e. The highest BCUT2D eigenvalue weighted by atomic mass is 16.2. The van der Waals surface area contributed by atoms with Crippen LogP contribution in [0.1, 0.15) is 104 Å². The van der Waals surface area contributed by atoms with Crippen molar-refractivity contribution in [3.63, 3.8) is 0 Å². The molecule has 0 aromatic carbocycles. The molecule has 1 aliphatic rings. The maximum absolute atomic E-state index is 12.4.